The molecule has 1 N–H and O–H groups in total. The molecule has 0 spiro atoms. The van der Waals surface area contributed by atoms with Crippen molar-refractivity contribution < 1.29 is 23.4 Å². The Balaban J connectivity index is 1.61. The van der Waals surface area contributed by atoms with Crippen LogP contribution in [-0.2, 0) is 0 Å². The summed E-state index contributed by atoms with van der Waals surface area (Å²) in [5.41, 5.74) is 2.32. The van der Waals surface area contributed by atoms with Gasteiger partial charge in [-0.25, -0.2) is 9.18 Å². The summed E-state index contributed by atoms with van der Waals surface area (Å²) >= 11 is 0. The van der Waals surface area contributed by atoms with Gasteiger partial charge < -0.3 is 14.3 Å². The van der Waals surface area contributed by atoms with E-state index in [-0.39, 0.29) is 17.1 Å². The number of ether oxygens (including phenoxy) is 1. The zero-order chi connectivity index (χ0) is 22.8. The molecule has 0 fully saturated rings. The summed E-state index contributed by atoms with van der Waals surface area (Å²) in [5.74, 6) is -0.793. The molecule has 1 aromatic heterocycles. The van der Waals surface area contributed by atoms with Crippen molar-refractivity contribution in [3.8, 4) is 17.1 Å². The van der Waals surface area contributed by atoms with Crippen LogP contribution in [0.4, 0.5) is 4.39 Å². The number of aromatic carboxylic acids is 1. The third kappa shape index (κ3) is 3.96. The maximum absolute atomic E-state index is 14.7. The zero-order valence-electron chi connectivity index (χ0n) is 17.4. The predicted molar refractivity (Wildman–Crippen MR) is 124 cm³/mol. The first kappa shape index (κ1) is 20.5. The van der Waals surface area contributed by atoms with Crippen molar-refractivity contribution in [1.82, 2.24) is 0 Å². The van der Waals surface area contributed by atoms with Crippen LogP contribution in [0.3, 0.4) is 0 Å². The highest BCUT2D eigenvalue weighted by molar-refractivity contribution is 6.08. The SMILES string of the molecule is O=C(O)c1c(-c2ccccc2)oc2ccc(OC(c3ccccc3)c3ccccc3F)cc12. The first-order chi connectivity index (χ1) is 16.1. The van der Waals surface area contributed by atoms with E-state index >= 15 is 0 Å². The van der Waals surface area contributed by atoms with Crippen molar-refractivity contribution >= 4 is 16.9 Å². The first-order valence-electron chi connectivity index (χ1n) is 10.4. The fourth-order valence-corrected chi connectivity index (χ4v) is 3.92. The van der Waals surface area contributed by atoms with E-state index in [1.807, 2.05) is 48.5 Å². The van der Waals surface area contributed by atoms with Gasteiger partial charge in [-0.1, -0.05) is 78.9 Å². The molecule has 4 nitrogen and oxygen atoms in total. The maximum atomic E-state index is 14.7. The molecule has 0 amide bonds. The van der Waals surface area contributed by atoms with Gasteiger partial charge in [-0.05, 0) is 29.8 Å². The molecule has 5 rings (SSSR count). The number of carboxylic acids is 1. The number of furan rings is 1. The summed E-state index contributed by atoms with van der Waals surface area (Å²) < 4.78 is 26.8. The minimum Gasteiger partial charge on any atom is -0.481 e. The van der Waals surface area contributed by atoms with Gasteiger partial charge in [0, 0.05) is 16.5 Å². The van der Waals surface area contributed by atoms with Gasteiger partial charge in [0.25, 0.3) is 0 Å². The fraction of sp³-hybridized carbons (Fsp3) is 0.0357. The second-order valence-electron chi connectivity index (χ2n) is 7.57. The Bertz CT molecular complexity index is 1420. The number of carbonyl (C=O) groups is 1. The minimum absolute atomic E-state index is 0.0591. The molecule has 0 aliphatic carbocycles. The number of rotatable bonds is 6. The van der Waals surface area contributed by atoms with E-state index in [2.05, 4.69) is 0 Å². The van der Waals surface area contributed by atoms with Crippen LogP contribution in [0, 0.1) is 5.82 Å². The Hall–Kier alpha value is -4.38. The molecule has 5 aromatic rings. The quantitative estimate of drug-likeness (QED) is 0.307. The van der Waals surface area contributed by atoms with Crippen LogP contribution in [0.5, 0.6) is 5.75 Å². The summed E-state index contributed by atoms with van der Waals surface area (Å²) in [7, 11) is 0. The molecular formula is C28H19FO4. The highest BCUT2D eigenvalue weighted by atomic mass is 19.1. The second kappa shape index (κ2) is 8.63. The van der Waals surface area contributed by atoms with Crippen molar-refractivity contribution in [3.63, 3.8) is 0 Å². The van der Waals surface area contributed by atoms with Gasteiger partial charge in [0.1, 0.15) is 28.5 Å². The van der Waals surface area contributed by atoms with Crippen molar-refractivity contribution in [3.05, 3.63) is 126 Å². The lowest BCUT2D eigenvalue weighted by atomic mass is 10.0. The smallest absolute Gasteiger partial charge is 0.340 e. The Kier molecular flexibility index (Phi) is 5.37. The Morgan fingerprint density at radius 2 is 1.52 bits per heavy atom. The van der Waals surface area contributed by atoms with Crippen LogP contribution < -0.4 is 4.74 Å². The molecule has 0 aliphatic heterocycles. The van der Waals surface area contributed by atoms with Gasteiger partial charge in [-0.15, -0.1) is 0 Å². The van der Waals surface area contributed by atoms with Crippen LogP contribution in [-0.4, -0.2) is 11.1 Å². The lowest BCUT2D eigenvalue weighted by molar-refractivity contribution is 0.0699. The van der Waals surface area contributed by atoms with E-state index in [4.69, 9.17) is 9.15 Å². The Morgan fingerprint density at radius 3 is 2.21 bits per heavy atom. The minimum atomic E-state index is -1.10. The van der Waals surface area contributed by atoms with Gasteiger partial charge >= 0.3 is 5.97 Å². The molecule has 0 radical (unpaired) electrons. The number of benzene rings is 4. The summed E-state index contributed by atoms with van der Waals surface area (Å²) in [4.78, 5) is 12.1. The molecule has 1 heterocycles. The number of fused-ring (bicyclic) bond motifs is 1. The summed E-state index contributed by atoms with van der Waals surface area (Å²) in [6.07, 6.45) is -0.710. The third-order valence-corrected chi connectivity index (χ3v) is 5.45. The predicted octanol–water partition coefficient (Wildman–Crippen LogP) is 7.11. The molecule has 1 unspecified atom stereocenters. The van der Waals surface area contributed by atoms with E-state index in [1.165, 1.54) is 6.07 Å². The highest BCUT2D eigenvalue weighted by Crippen LogP contribution is 2.37. The Morgan fingerprint density at radius 1 is 0.848 bits per heavy atom. The first-order valence-corrected chi connectivity index (χ1v) is 10.4. The van der Waals surface area contributed by atoms with Gasteiger partial charge in [-0.2, -0.15) is 0 Å². The van der Waals surface area contributed by atoms with Crippen molar-refractivity contribution in [2.75, 3.05) is 0 Å². The van der Waals surface area contributed by atoms with Gasteiger partial charge in [-0.3, -0.25) is 0 Å². The standard InChI is InChI=1S/C28H19FO4/c29-23-14-8-7-13-21(23)26(18-9-3-1-4-10-18)32-20-15-16-24-22(17-20)25(28(30)31)27(33-24)19-11-5-2-6-12-19/h1-17,26H,(H,30,31). The highest BCUT2D eigenvalue weighted by Gasteiger charge is 2.24. The van der Waals surface area contributed by atoms with Gasteiger partial charge in [0.15, 0.2) is 6.10 Å². The molecular weight excluding hydrogens is 419 g/mol. The zero-order valence-corrected chi connectivity index (χ0v) is 17.4. The van der Waals surface area contributed by atoms with E-state index < -0.39 is 12.1 Å². The average molecular weight is 438 g/mol. The van der Waals surface area contributed by atoms with Crippen LogP contribution in [0.1, 0.15) is 27.6 Å². The molecule has 33 heavy (non-hydrogen) atoms. The van der Waals surface area contributed by atoms with Crippen LogP contribution in [0.2, 0.25) is 0 Å². The second-order valence-corrected chi connectivity index (χ2v) is 7.57. The van der Waals surface area contributed by atoms with Gasteiger partial charge in [0.05, 0.1) is 0 Å². The van der Waals surface area contributed by atoms with E-state index in [9.17, 15) is 14.3 Å². The normalized spacial score (nSPS) is 11.9. The molecule has 0 saturated carbocycles. The summed E-state index contributed by atoms with van der Waals surface area (Å²) in [6, 6.07) is 29.9. The van der Waals surface area contributed by atoms with Crippen LogP contribution in [0.25, 0.3) is 22.3 Å². The van der Waals surface area contributed by atoms with E-state index in [0.717, 1.165) is 5.56 Å². The fourth-order valence-electron chi connectivity index (χ4n) is 3.92. The van der Waals surface area contributed by atoms with E-state index in [0.29, 0.717) is 27.8 Å². The molecule has 0 saturated heterocycles. The summed E-state index contributed by atoms with van der Waals surface area (Å²) in [5, 5.41) is 10.3. The lowest BCUT2D eigenvalue weighted by Crippen LogP contribution is -2.11. The third-order valence-electron chi connectivity index (χ3n) is 5.45. The number of hydrogen-bond acceptors (Lipinski definition) is 3. The number of halogens is 1. The number of hydrogen-bond donors (Lipinski definition) is 1. The van der Waals surface area contributed by atoms with Gasteiger partial charge in [0.2, 0.25) is 0 Å². The monoisotopic (exact) mass is 438 g/mol. The molecule has 1 atom stereocenters. The molecule has 0 bridgehead atoms. The molecule has 4 aromatic carbocycles. The summed E-state index contributed by atoms with van der Waals surface area (Å²) in [6.45, 7) is 0. The Labute approximate surface area is 189 Å². The van der Waals surface area contributed by atoms with Crippen molar-refractivity contribution in [2.45, 2.75) is 6.10 Å². The van der Waals surface area contributed by atoms with Crippen molar-refractivity contribution in [1.29, 1.82) is 0 Å². The molecule has 5 heteroatoms. The van der Waals surface area contributed by atoms with Crippen LogP contribution >= 0.6 is 0 Å². The molecule has 0 aliphatic rings. The molecule has 162 valence electrons. The van der Waals surface area contributed by atoms with Crippen LogP contribution in [0.15, 0.2) is 108 Å². The maximum Gasteiger partial charge on any atom is 0.340 e. The topological polar surface area (TPSA) is 59.7 Å². The van der Waals surface area contributed by atoms with Crippen molar-refractivity contribution in [2.24, 2.45) is 0 Å². The van der Waals surface area contributed by atoms with E-state index in [1.54, 1.807) is 48.5 Å². The largest absolute Gasteiger partial charge is 0.481 e. The average Bonchev–Trinajstić information content (AvgIpc) is 3.23. The lowest BCUT2D eigenvalue weighted by Gasteiger charge is -2.20. The number of carboxylic acid groups (broad SMARTS) is 1.